The summed E-state index contributed by atoms with van der Waals surface area (Å²) < 4.78 is 0. The summed E-state index contributed by atoms with van der Waals surface area (Å²) >= 11 is 0. The van der Waals surface area contributed by atoms with E-state index in [1.54, 1.807) is 11.8 Å². The molecule has 0 saturated carbocycles. The number of carbonyl (C=O) groups excluding carboxylic acids is 4. The average molecular weight is 571 g/mol. The van der Waals surface area contributed by atoms with Crippen molar-refractivity contribution in [3.63, 3.8) is 0 Å². The Morgan fingerprint density at radius 2 is 1.80 bits per heavy atom. The summed E-state index contributed by atoms with van der Waals surface area (Å²) in [5.41, 5.74) is 0.875. The van der Waals surface area contributed by atoms with Gasteiger partial charge in [0, 0.05) is 24.1 Å². The molecule has 4 aliphatic rings. The number of aliphatic hydroxyl groups excluding tert-OH is 3. The van der Waals surface area contributed by atoms with E-state index in [1.807, 2.05) is 6.92 Å². The number of primary amides is 1. The van der Waals surface area contributed by atoms with Crippen molar-refractivity contribution in [2.75, 3.05) is 26.0 Å². The Morgan fingerprint density at radius 1 is 1.15 bits per heavy atom. The number of rotatable bonds is 3. The second-order valence-corrected chi connectivity index (χ2v) is 11.6. The molecule has 1 saturated heterocycles. The summed E-state index contributed by atoms with van der Waals surface area (Å²) in [6.07, 6.45) is -0.0120. The van der Waals surface area contributed by atoms with Crippen LogP contribution in [0.25, 0.3) is 0 Å². The normalized spacial score (nSPS) is 33.1. The fourth-order valence-electron chi connectivity index (χ4n) is 7.15. The predicted molar refractivity (Wildman–Crippen MR) is 144 cm³/mol. The number of amides is 3. The zero-order valence-corrected chi connectivity index (χ0v) is 23.1. The van der Waals surface area contributed by atoms with Crippen LogP contribution < -0.4 is 11.1 Å². The number of hydrogen-bond acceptors (Lipinski definition) is 10. The van der Waals surface area contributed by atoms with Crippen molar-refractivity contribution in [3.8, 4) is 5.75 Å². The van der Waals surface area contributed by atoms with E-state index in [2.05, 4.69) is 5.32 Å². The highest BCUT2D eigenvalue weighted by atomic mass is 16.4. The van der Waals surface area contributed by atoms with E-state index < -0.39 is 87.4 Å². The number of hydrogen-bond donors (Lipinski definition) is 7. The van der Waals surface area contributed by atoms with Gasteiger partial charge < -0.3 is 41.5 Å². The number of nitrogens with zero attached hydrogens (tertiary/aromatic N) is 2. The van der Waals surface area contributed by atoms with Gasteiger partial charge in [0.15, 0.2) is 17.1 Å². The third-order valence-corrected chi connectivity index (χ3v) is 9.19. The van der Waals surface area contributed by atoms with Gasteiger partial charge in [-0.05, 0) is 51.4 Å². The number of nitrogens with one attached hydrogen (secondary N) is 1. The van der Waals surface area contributed by atoms with Gasteiger partial charge in [-0.2, -0.15) is 0 Å². The van der Waals surface area contributed by atoms with Crippen LogP contribution >= 0.6 is 0 Å². The zero-order valence-electron chi connectivity index (χ0n) is 23.1. The van der Waals surface area contributed by atoms with E-state index in [0.717, 1.165) is 12.8 Å². The summed E-state index contributed by atoms with van der Waals surface area (Å²) in [6.45, 7) is 4.08. The second kappa shape index (κ2) is 9.57. The topological polar surface area (TPSA) is 214 Å². The number of fused-ring (bicyclic) bond motifs is 3. The first-order valence-corrected chi connectivity index (χ1v) is 13.4. The van der Waals surface area contributed by atoms with Gasteiger partial charge in [0.25, 0.3) is 5.91 Å². The summed E-state index contributed by atoms with van der Waals surface area (Å²) in [7, 11) is 2.94. The highest BCUT2D eigenvalue weighted by molar-refractivity contribution is 6.25. The highest BCUT2D eigenvalue weighted by Crippen LogP contribution is 2.56. The molecule has 13 heteroatoms. The molecule has 5 rings (SSSR count). The average Bonchev–Trinajstić information content (AvgIpc) is 3.33. The first kappa shape index (κ1) is 28.6. The van der Waals surface area contributed by atoms with Crippen molar-refractivity contribution in [2.24, 2.45) is 17.6 Å². The number of aliphatic hydroxyl groups is 4. The number of likely N-dealkylation sites (tertiary alicyclic amines) is 1. The molecule has 3 aliphatic carbocycles. The quantitative estimate of drug-likeness (QED) is 0.199. The fourth-order valence-corrected chi connectivity index (χ4v) is 7.15. The monoisotopic (exact) mass is 570 g/mol. The molecule has 41 heavy (non-hydrogen) atoms. The number of carbonyl (C=O) groups is 4. The Morgan fingerprint density at radius 3 is 2.37 bits per heavy atom. The molecule has 1 fully saturated rings. The van der Waals surface area contributed by atoms with Crippen molar-refractivity contribution in [3.05, 3.63) is 45.9 Å². The van der Waals surface area contributed by atoms with Gasteiger partial charge in [0.2, 0.25) is 5.78 Å². The molecule has 0 radical (unpaired) electrons. The van der Waals surface area contributed by atoms with Crippen LogP contribution in [0.2, 0.25) is 0 Å². The number of phenolic OH excluding ortho intramolecular Hbond substituents is 1. The van der Waals surface area contributed by atoms with Crippen LogP contribution in [0.4, 0.5) is 10.5 Å². The number of likely N-dealkylation sites (N-methyl/N-ethyl adjacent to an activating group) is 1. The maximum absolute atomic E-state index is 13.9. The third kappa shape index (κ3) is 3.79. The molecule has 1 aliphatic heterocycles. The minimum atomic E-state index is -2.99. The van der Waals surface area contributed by atoms with Crippen molar-refractivity contribution in [1.82, 2.24) is 9.80 Å². The van der Waals surface area contributed by atoms with Gasteiger partial charge >= 0.3 is 6.03 Å². The molecule has 13 nitrogen and oxygen atoms in total. The number of urea groups is 1. The summed E-state index contributed by atoms with van der Waals surface area (Å²) in [4.78, 5) is 55.4. The van der Waals surface area contributed by atoms with Crippen molar-refractivity contribution in [2.45, 2.75) is 56.4 Å². The lowest BCUT2D eigenvalue weighted by atomic mass is 9.55. The zero-order chi connectivity index (χ0) is 30.3. The lowest BCUT2D eigenvalue weighted by molar-refractivity contribution is -0.162. The van der Waals surface area contributed by atoms with Crippen LogP contribution in [0.1, 0.15) is 48.5 Å². The SMILES string of the molecule is CC1c2ccc(NC(=O)N3CCCC3C)c(O)c2C(=O)C2=C(O)[C@]3(O)C(=O)C(C(N)=O)=C(O)[C@@H](N(C)C)C3C(O)C21. The van der Waals surface area contributed by atoms with Crippen molar-refractivity contribution < 1.29 is 44.7 Å². The fraction of sp³-hybridized carbons (Fsp3) is 0.500. The Balaban J connectivity index is 1.66. The number of nitrogens with two attached hydrogens (primary N) is 1. The van der Waals surface area contributed by atoms with Gasteiger partial charge in [0.05, 0.1) is 29.3 Å². The number of ketones is 2. The van der Waals surface area contributed by atoms with Crippen LogP contribution in [0.3, 0.4) is 0 Å². The Bertz CT molecular complexity index is 1450. The van der Waals surface area contributed by atoms with Crippen molar-refractivity contribution in [1.29, 1.82) is 0 Å². The molecule has 220 valence electrons. The molecule has 8 N–H and O–H groups in total. The molecule has 7 atom stereocenters. The van der Waals surface area contributed by atoms with E-state index in [1.165, 1.54) is 31.1 Å². The van der Waals surface area contributed by atoms with Crippen molar-refractivity contribution >= 4 is 29.2 Å². The molecule has 0 spiro atoms. The standard InChI is InChI=1S/C28H34N4O9/c1-10-6-5-9-32(10)27(40)30-13-8-7-12-11(2)14-16(21(34)15(12)20(13)33)24(37)28(41)18(22(14)35)19(31(3)4)23(36)17(25(28)38)26(29)39/h7-8,10-11,14,18-19,22,33,35-37,41H,5-6,9H2,1-4H3,(H2,29,39)(H,30,40)/t10?,11?,14?,18?,19-,22?,28-/m0/s1. The Kier molecular flexibility index (Phi) is 6.67. The lowest BCUT2D eigenvalue weighted by Crippen LogP contribution is -2.68. The first-order valence-electron chi connectivity index (χ1n) is 13.4. The van der Waals surface area contributed by atoms with Gasteiger partial charge in [-0.1, -0.05) is 13.0 Å². The summed E-state index contributed by atoms with van der Waals surface area (Å²) in [5, 5.41) is 59.5. The van der Waals surface area contributed by atoms with Gasteiger partial charge in [-0.3, -0.25) is 19.3 Å². The van der Waals surface area contributed by atoms with E-state index in [0.29, 0.717) is 12.1 Å². The smallest absolute Gasteiger partial charge is 0.322 e. The number of aromatic hydroxyl groups is 1. The Hall–Kier alpha value is -3.94. The predicted octanol–water partition coefficient (Wildman–Crippen LogP) is 0.669. The highest BCUT2D eigenvalue weighted by Gasteiger charge is 2.67. The van der Waals surface area contributed by atoms with Gasteiger partial charge in [-0.15, -0.1) is 0 Å². The van der Waals surface area contributed by atoms with Crippen LogP contribution in [0.5, 0.6) is 5.75 Å². The molecular weight excluding hydrogens is 536 g/mol. The summed E-state index contributed by atoms with van der Waals surface area (Å²) in [6, 6.07) is 1.17. The molecule has 0 aromatic heterocycles. The van der Waals surface area contributed by atoms with E-state index in [9.17, 15) is 44.7 Å². The van der Waals surface area contributed by atoms with Crippen LogP contribution in [0.15, 0.2) is 34.8 Å². The first-order chi connectivity index (χ1) is 19.2. The Labute approximate surface area is 235 Å². The molecule has 0 bridgehead atoms. The van der Waals surface area contributed by atoms with Gasteiger partial charge in [0.1, 0.15) is 17.1 Å². The van der Waals surface area contributed by atoms with Crippen LogP contribution in [-0.4, -0.2) is 103 Å². The van der Waals surface area contributed by atoms with Crippen LogP contribution in [-0.2, 0) is 9.59 Å². The number of phenols is 1. The van der Waals surface area contributed by atoms with E-state index in [4.69, 9.17) is 5.73 Å². The largest absolute Gasteiger partial charge is 0.510 e. The molecule has 3 amide bonds. The molecule has 1 heterocycles. The minimum absolute atomic E-state index is 0.00509. The van der Waals surface area contributed by atoms with Gasteiger partial charge in [-0.25, -0.2) is 4.79 Å². The number of anilines is 1. The molecular formula is C28H34N4O9. The second-order valence-electron chi connectivity index (χ2n) is 11.6. The van der Waals surface area contributed by atoms with E-state index >= 15 is 0 Å². The number of Topliss-reactive ketones (excluding diaryl/α,β-unsaturated/α-hetero) is 2. The maximum atomic E-state index is 13.9. The minimum Gasteiger partial charge on any atom is -0.510 e. The molecule has 1 aromatic carbocycles. The number of benzene rings is 1. The third-order valence-electron chi connectivity index (χ3n) is 9.19. The van der Waals surface area contributed by atoms with E-state index in [-0.39, 0.29) is 17.3 Å². The lowest BCUT2D eigenvalue weighted by Gasteiger charge is -2.53. The maximum Gasteiger partial charge on any atom is 0.322 e. The molecule has 5 unspecified atom stereocenters. The summed E-state index contributed by atoms with van der Waals surface area (Å²) in [5.74, 6) is -9.71. The van der Waals surface area contributed by atoms with Crippen LogP contribution in [0, 0.1) is 11.8 Å². The molecule has 1 aromatic rings.